The van der Waals surface area contributed by atoms with E-state index < -0.39 is 18.1 Å². The molecule has 1 aliphatic rings. The molecule has 0 bridgehead atoms. The molecule has 114 valence electrons. The van der Waals surface area contributed by atoms with Crippen LogP contribution in [0, 0.1) is 0 Å². The number of amides is 1. The van der Waals surface area contributed by atoms with Crippen LogP contribution in [-0.2, 0) is 16.0 Å². The second kappa shape index (κ2) is 6.68. The van der Waals surface area contributed by atoms with Gasteiger partial charge in [-0.2, -0.15) is 11.8 Å². The molecule has 2 rings (SSSR count). The lowest BCUT2D eigenvalue weighted by Crippen LogP contribution is -2.50. The number of carbonyl (C=O) groups excluding carboxylic acids is 1. The van der Waals surface area contributed by atoms with Crippen molar-refractivity contribution in [3.05, 3.63) is 28.8 Å². The summed E-state index contributed by atoms with van der Waals surface area (Å²) in [6, 6.07) is 3.43. The maximum atomic E-state index is 12.5. The number of carboxylic acids is 1. The summed E-state index contributed by atoms with van der Waals surface area (Å²) in [5.74, 6) is -0.628. The largest absolute Gasteiger partial charge is 0.480 e. The van der Waals surface area contributed by atoms with Crippen molar-refractivity contribution in [2.45, 2.75) is 24.9 Å². The number of carboxylic acid groups (broad SMARTS) is 1. The number of thioether (sulfide) groups is 1. The lowest BCUT2D eigenvalue weighted by molar-refractivity contribution is -0.140. The lowest BCUT2D eigenvalue weighted by atomic mass is 10.1. The third-order valence-electron chi connectivity index (χ3n) is 3.50. The number of rotatable bonds is 5. The first-order chi connectivity index (χ1) is 9.95. The van der Waals surface area contributed by atoms with Crippen LogP contribution in [0.25, 0.3) is 0 Å². The van der Waals surface area contributed by atoms with Crippen molar-refractivity contribution in [3.63, 3.8) is 0 Å². The highest BCUT2D eigenvalue weighted by atomic mass is 35.5. The zero-order valence-electron chi connectivity index (χ0n) is 11.6. The van der Waals surface area contributed by atoms with E-state index in [0.29, 0.717) is 17.1 Å². The first-order valence-electron chi connectivity index (χ1n) is 6.54. The molecule has 0 aliphatic carbocycles. The fourth-order valence-electron chi connectivity index (χ4n) is 2.44. The van der Waals surface area contributed by atoms with E-state index in [1.807, 2.05) is 6.26 Å². The highest BCUT2D eigenvalue weighted by Crippen LogP contribution is 2.34. The zero-order valence-corrected chi connectivity index (χ0v) is 13.2. The normalized spacial score (nSPS) is 18.4. The van der Waals surface area contributed by atoms with Crippen LogP contribution in [0.1, 0.15) is 12.0 Å². The fraction of sp³-hybridized carbons (Fsp3) is 0.429. The van der Waals surface area contributed by atoms with Gasteiger partial charge in [-0.1, -0.05) is 11.6 Å². The van der Waals surface area contributed by atoms with E-state index in [9.17, 15) is 14.7 Å². The molecule has 0 saturated heterocycles. The topological polar surface area (TPSA) is 83.6 Å². The Morgan fingerprint density at radius 1 is 1.57 bits per heavy atom. The van der Waals surface area contributed by atoms with Crippen molar-refractivity contribution in [2.24, 2.45) is 5.73 Å². The first kappa shape index (κ1) is 16.1. The Hall–Kier alpha value is -1.24. The van der Waals surface area contributed by atoms with E-state index in [2.05, 4.69) is 0 Å². The van der Waals surface area contributed by atoms with Crippen molar-refractivity contribution < 1.29 is 14.7 Å². The van der Waals surface area contributed by atoms with Crippen molar-refractivity contribution in [1.29, 1.82) is 0 Å². The molecule has 0 spiro atoms. The van der Waals surface area contributed by atoms with Gasteiger partial charge in [0.15, 0.2) is 0 Å². The van der Waals surface area contributed by atoms with Gasteiger partial charge in [-0.3, -0.25) is 9.69 Å². The number of hydrogen-bond donors (Lipinski definition) is 2. The van der Waals surface area contributed by atoms with Gasteiger partial charge in [0, 0.05) is 17.1 Å². The van der Waals surface area contributed by atoms with Crippen molar-refractivity contribution >= 4 is 40.9 Å². The maximum Gasteiger partial charge on any atom is 0.327 e. The summed E-state index contributed by atoms with van der Waals surface area (Å²) in [4.78, 5) is 25.2. The Labute approximate surface area is 132 Å². The molecule has 0 saturated carbocycles. The van der Waals surface area contributed by atoms with E-state index in [4.69, 9.17) is 17.3 Å². The smallest absolute Gasteiger partial charge is 0.327 e. The molecule has 0 fully saturated rings. The monoisotopic (exact) mass is 328 g/mol. The van der Waals surface area contributed by atoms with Crippen molar-refractivity contribution in [2.75, 3.05) is 16.9 Å². The van der Waals surface area contributed by atoms with Crippen LogP contribution < -0.4 is 10.6 Å². The molecule has 2 atom stereocenters. The molecule has 0 aromatic heterocycles. The molecule has 21 heavy (non-hydrogen) atoms. The van der Waals surface area contributed by atoms with Crippen LogP contribution >= 0.6 is 23.4 Å². The molecule has 1 aliphatic heterocycles. The van der Waals surface area contributed by atoms with Crippen LogP contribution in [0.3, 0.4) is 0 Å². The molecular weight excluding hydrogens is 312 g/mol. The van der Waals surface area contributed by atoms with E-state index in [-0.39, 0.29) is 12.3 Å². The molecule has 1 heterocycles. The standard InChI is InChI=1S/C14H17ClN2O3S/c1-21-5-4-10(16)13(18)17-11-3-2-9(15)6-8(11)7-12(17)14(19)20/h2-3,6,10,12H,4-5,7,16H2,1H3,(H,19,20)/t10-,12+/m0/s1. The molecular formula is C14H17ClN2O3S. The van der Waals surface area contributed by atoms with E-state index in [0.717, 1.165) is 11.3 Å². The van der Waals surface area contributed by atoms with Crippen molar-refractivity contribution in [1.82, 2.24) is 0 Å². The predicted molar refractivity (Wildman–Crippen MR) is 85.0 cm³/mol. The Morgan fingerprint density at radius 2 is 2.29 bits per heavy atom. The maximum absolute atomic E-state index is 12.5. The minimum Gasteiger partial charge on any atom is -0.480 e. The number of benzene rings is 1. The minimum atomic E-state index is -1.03. The van der Waals surface area contributed by atoms with Gasteiger partial charge >= 0.3 is 5.97 Å². The minimum absolute atomic E-state index is 0.256. The average molecular weight is 329 g/mol. The Morgan fingerprint density at radius 3 is 2.90 bits per heavy atom. The molecule has 1 aromatic rings. The summed E-state index contributed by atoms with van der Waals surface area (Å²) < 4.78 is 0. The number of hydrogen-bond acceptors (Lipinski definition) is 4. The fourth-order valence-corrected chi connectivity index (χ4v) is 3.12. The molecule has 5 nitrogen and oxygen atoms in total. The van der Waals surface area contributed by atoms with Gasteiger partial charge in [0.05, 0.1) is 6.04 Å². The number of aliphatic carboxylic acids is 1. The highest BCUT2D eigenvalue weighted by molar-refractivity contribution is 7.98. The third kappa shape index (κ3) is 3.33. The van der Waals surface area contributed by atoms with Gasteiger partial charge in [-0.05, 0) is 42.2 Å². The first-order valence-corrected chi connectivity index (χ1v) is 8.31. The summed E-state index contributed by atoms with van der Waals surface area (Å²) in [5.41, 5.74) is 7.27. The van der Waals surface area contributed by atoms with Gasteiger partial charge < -0.3 is 10.8 Å². The lowest BCUT2D eigenvalue weighted by Gasteiger charge is -2.25. The number of anilines is 1. The number of carbonyl (C=O) groups is 2. The summed E-state index contributed by atoms with van der Waals surface area (Å²) in [7, 11) is 0. The van der Waals surface area contributed by atoms with E-state index in [1.165, 1.54) is 4.90 Å². The number of nitrogens with two attached hydrogens (primary N) is 1. The molecule has 0 radical (unpaired) electrons. The summed E-state index contributed by atoms with van der Waals surface area (Å²) in [5, 5.41) is 9.89. The average Bonchev–Trinajstić information content (AvgIpc) is 2.82. The number of fused-ring (bicyclic) bond motifs is 1. The second-order valence-electron chi connectivity index (χ2n) is 4.93. The molecule has 0 unspecified atom stereocenters. The van der Waals surface area contributed by atoms with Crippen LogP contribution in [0.2, 0.25) is 5.02 Å². The van der Waals surface area contributed by atoms with E-state index >= 15 is 0 Å². The van der Waals surface area contributed by atoms with Crippen LogP contribution in [0.4, 0.5) is 5.69 Å². The number of halogens is 1. The summed E-state index contributed by atoms with van der Waals surface area (Å²) >= 11 is 7.53. The highest BCUT2D eigenvalue weighted by Gasteiger charge is 2.39. The molecule has 1 aromatic carbocycles. The SMILES string of the molecule is CSCC[C@H](N)C(=O)N1c2ccc(Cl)cc2C[C@@H]1C(=O)O. The number of nitrogens with zero attached hydrogens (tertiary/aromatic N) is 1. The summed E-state index contributed by atoms with van der Waals surface area (Å²) in [6.07, 6.45) is 2.71. The second-order valence-corrected chi connectivity index (χ2v) is 6.35. The van der Waals surface area contributed by atoms with Crippen LogP contribution in [-0.4, -0.2) is 41.1 Å². The molecule has 7 heteroatoms. The Balaban J connectivity index is 2.30. The van der Waals surface area contributed by atoms with Crippen molar-refractivity contribution in [3.8, 4) is 0 Å². The zero-order chi connectivity index (χ0) is 15.6. The van der Waals surface area contributed by atoms with Gasteiger partial charge in [-0.15, -0.1) is 0 Å². The quantitative estimate of drug-likeness (QED) is 0.860. The van der Waals surface area contributed by atoms with Gasteiger partial charge in [-0.25, -0.2) is 4.79 Å². The Bertz CT molecular complexity index is 567. The third-order valence-corrected chi connectivity index (χ3v) is 4.38. The predicted octanol–water partition coefficient (Wildman–Crippen LogP) is 1.76. The van der Waals surface area contributed by atoms with E-state index in [1.54, 1.807) is 30.0 Å². The van der Waals surface area contributed by atoms with Gasteiger partial charge in [0.2, 0.25) is 5.91 Å². The van der Waals surface area contributed by atoms with Crippen LogP contribution in [0.5, 0.6) is 0 Å². The van der Waals surface area contributed by atoms with Crippen LogP contribution in [0.15, 0.2) is 18.2 Å². The van der Waals surface area contributed by atoms with Gasteiger partial charge in [0.25, 0.3) is 0 Å². The van der Waals surface area contributed by atoms with Gasteiger partial charge in [0.1, 0.15) is 6.04 Å². The molecule has 3 N–H and O–H groups in total. The Kier molecular flexibility index (Phi) is 5.13. The summed E-state index contributed by atoms with van der Waals surface area (Å²) in [6.45, 7) is 0. The molecule has 1 amide bonds.